The summed E-state index contributed by atoms with van der Waals surface area (Å²) in [4.78, 5) is 11.5. The van der Waals surface area contributed by atoms with Crippen LogP contribution in [0.4, 0.5) is 0 Å². The van der Waals surface area contributed by atoms with Crippen molar-refractivity contribution in [2.24, 2.45) is 0 Å². The summed E-state index contributed by atoms with van der Waals surface area (Å²) in [5, 5.41) is 6.22. The Hall–Kier alpha value is -0.830. The van der Waals surface area contributed by atoms with Gasteiger partial charge in [0.1, 0.15) is 0 Å². The standard InChI is InChI=1S/C14H26N2O/c1-2-10-15-11-9-14(17)16-12-8-13-6-4-3-5-7-13/h6,15H,2-5,7-12H2,1H3,(H,16,17). The number of amides is 1. The van der Waals surface area contributed by atoms with Gasteiger partial charge in [0.25, 0.3) is 0 Å². The van der Waals surface area contributed by atoms with Crippen LogP contribution < -0.4 is 10.6 Å². The summed E-state index contributed by atoms with van der Waals surface area (Å²) in [6.07, 6.45) is 10.2. The molecule has 0 saturated carbocycles. The molecule has 0 spiro atoms. The van der Waals surface area contributed by atoms with E-state index in [0.29, 0.717) is 6.42 Å². The monoisotopic (exact) mass is 238 g/mol. The van der Waals surface area contributed by atoms with Crippen LogP contribution in [0.5, 0.6) is 0 Å². The van der Waals surface area contributed by atoms with Crippen molar-refractivity contribution in [2.45, 2.75) is 51.9 Å². The molecule has 3 nitrogen and oxygen atoms in total. The molecule has 2 N–H and O–H groups in total. The first-order valence-corrected chi connectivity index (χ1v) is 6.98. The van der Waals surface area contributed by atoms with Gasteiger partial charge in [-0.15, -0.1) is 0 Å². The maximum atomic E-state index is 11.5. The average molecular weight is 238 g/mol. The van der Waals surface area contributed by atoms with E-state index in [4.69, 9.17) is 0 Å². The molecule has 1 aliphatic carbocycles. The maximum absolute atomic E-state index is 11.5. The largest absolute Gasteiger partial charge is 0.356 e. The molecular weight excluding hydrogens is 212 g/mol. The Kier molecular flexibility index (Phi) is 7.72. The fourth-order valence-electron chi connectivity index (χ4n) is 2.09. The van der Waals surface area contributed by atoms with E-state index in [1.807, 2.05) is 0 Å². The Balaban J connectivity index is 1.98. The summed E-state index contributed by atoms with van der Waals surface area (Å²) in [6, 6.07) is 0. The Morgan fingerprint density at radius 2 is 2.18 bits per heavy atom. The van der Waals surface area contributed by atoms with Crippen LogP contribution >= 0.6 is 0 Å². The minimum absolute atomic E-state index is 0.171. The second-order valence-corrected chi connectivity index (χ2v) is 4.71. The minimum atomic E-state index is 0.171. The molecule has 3 heteroatoms. The summed E-state index contributed by atoms with van der Waals surface area (Å²) in [6.45, 7) is 4.73. The predicted octanol–water partition coefficient (Wildman–Crippen LogP) is 2.38. The molecule has 0 fully saturated rings. The van der Waals surface area contributed by atoms with E-state index in [1.54, 1.807) is 0 Å². The summed E-state index contributed by atoms with van der Waals surface area (Å²) >= 11 is 0. The average Bonchev–Trinajstić information content (AvgIpc) is 2.36. The highest BCUT2D eigenvalue weighted by atomic mass is 16.1. The van der Waals surface area contributed by atoms with Crippen LogP contribution in [-0.2, 0) is 4.79 Å². The third-order valence-corrected chi connectivity index (χ3v) is 3.11. The van der Waals surface area contributed by atoms with Crippen molar-refractivity contribution >= 4 is 5.91 Å². The third kappa shape index (κ3) is 7.16. The SMILES string of the molecule is CCCNCCC(=O)NCCC1=CCCCC1. The molecule has 1 amide bonds. The highest BCUT2D eigenvalue weighted by Crippen LogP contribution is 2.19. The van der Waals surface area contributed by atoms with Gasteiger partial charge in [-0.2, -0.15) is 0 Å². The second kappa shape index (κ2) is 9.23. The van der Waals surface area contributed by atoms with E-state index < -0.39 is 0 Å². The fourth-order valence-corrected chi connectivity index (χ4v) is 2.09. The third-order valence-electron chi connectivity index (χ3n) is 3.11. The molecule has 0 aromatic carbocycles. The van der Waals surface area contributed by atoms with Gasteiger partial charge < -0.3 is 10.6 Å². The zero-order valence-corrected chi connectivity index (χ0v) is 11.1. The lowest BCUT2D eigenvalue weighted by molar-refractivity contribution is -0.120. The number of nitrogens with one attached hydrogen (secondary N) is 2. The van der Waals surface area contributed by atoms with E-state index >= 15 is 0 Å². The van der Waals surface area contributed by atoms with Gasteiger partial charge in [0.15, 0.2) is 0 Å². The van der Waals surface area contributed by atoms with Crippen molar-refractivity contribution in [1.29, 1.82) is 0 Å². The summed E-state index contributed by atoms with van der Waals surface area (Å²) in [5.74, 6) is 0.171. The quantitative estimate of drug-likeness (QED) is 0.503. The zero-order valence-electron chi connectivity index (χ0n) is 11.1. The number of hydrogen-bond donors (Lipinski definition) is 2. The first-order valence-electron chi connectivity index (χ1n) is 6.98. The molecule has 0 atom stereocenters. The first-order chi connectivity index (χ1) is 8.33. The number of allylic oxidation sites excluding steroid dienone is 1. The van der Waals surface area contributed by atoms with E-state index in [2.05, 4.69) is 23.6 Å². The molecule has 1 rings (SSSR count). The van der Waals surface area contributed by atoms with Gasteiger partial charge in [0, 0.05) is 19.5 Å². The van der Waals surface area contributed by atoms with Crippen LogP contribution in [0, 0.1) is 0 Å². The highest BCUT2D eigenvalue weighted by Gasteiger charge is 2.04. The predicted molar refractivity (Wildman–Crippen MR) is 72.0 cm³/mol. The zero-order chi connectivity index (χ0) is 12.3. The fraction of sp³-hybridized carbons (Fsp3) is 0.786. The minimum Gasteiger partial charge on any atom is -0.356 e. The lowest BCUT2D eigenvalue weighted by Gasteiger charge is -2.13. The van der Waals surface area contributed by atoms with Crippen LogP contribution in [0.25, 0.3) is 0 Å². The van der Waals surface area contributed by atoms with Crippen molar-refractivity contribution in [2.75, 3.05) is 19.6 Å². The van der Waals surface area contributed by atoms with Gasteiger partial charge in [0.05, 0.1) is 0 Å². The van der Waals surface area contributed by atoms with Crippen molar-refractivity contribution in [3.63, 3.8) is 0 Å². The molecule has 0 heterocycles. The van der Waals surface area contributed by atoms with Gasteiger partial charge in [-0.3, -0.25) is 4.79 Å². The van der Waals surface area contributed by atoms with Crippen LogP contribution in [0.1, 0.15) is 51.9 Å². The normalized spacial score (nSPS) is 15.5. The maximum Gasteiger partial charge on any atom is 0.221 e. The van der Waals surface area contributed by atoms with Crippen molar-refractivity contribution in [3.8, 4) is 0 Å². The van der Waals surface area contributed by atoms with Crippen molar-refractivity contribution < 1.29 is 4.79 Å². The first kappa shape index (κ1) is 14.2. The Labute approximate surface area is 105 Å². The van der Waals surface area contributed by atoms with Crippen LogP contribution in [-0.4, -0.2) is 25.5 Å². The van der Waals surface area contributed by atoms with Gasteiger partial charge in [0.2, 0.25) is 5.91 Å². The summed E-state index contributed by atoms with van der Waals surface area (Å²) in [7, 11) is 0. The lowest BCUT2D eigenvalue weighted by Crippen LogP contribution is -2.28. The smallest absolute Gasteiger partial charge is 0.221 e. The van der Waals surface area contributed by atoms with Crippen LogP contribution in [0.2, 0.25) is 0 Å². The molecule has 0 saturated heterocycles. The Morgan fingerprint density at radius 1 is 1.29 bits per heavy atom. The highest BCUT2D eigenvalue weighted by molar-refractivity contribution is 5.76. The molecule has 0 aromatic rings. The molecule has 0 aromatic heterocycles. The summed E-state index contributed by atoms with van der Waals surface area (Å²) < 4.78 is 0. The van der Waals surface area contributed by atoms with Gasteiger partial charge in [-0.25, -0.2) is 0 Å². The van der Waals surface area contributed by atoms with Gasteiger partial charge in [-0.1, -0.05) is 18.6 Å². The summed E-state index contributed by atoms with van der Waals surface area (Å²) in [5.41, 5.74) is 1.53. The van der Waals surface area contributed by atoms with E-state index in [0.717, 1.165) is 32.5 Å². The molecule has 1 aliphatic rings. The molecule has 0 aliphatic heterocycles. The molecule has 98 valence electrons. The lowest BCUT2D eigenvalue weighted by atomic mass is 9.97. The molecule has 0 bridgehead atoms. The Morgan fingerprint density at radius 3 is 2.88 bits per heavy atom. The van der Waals surface area contributed by atoms with Gasteiger partial charge >= 0.3 is 0 Å². The van der Waals surface area contributed by atoms with Gasteiger partial charge in [-0.05, 0) is 45.1 Å². The van der Waals surface area contributed by atoms with Crippen molar-refractivity contribution in [3.05, 3.63) is 11.6 Å². The van der Waals surface area contributed by atoms with E-state index in [9.17, 15) is 4.79 Å². The number of rotatable bonds is 8. The second-order valence-electron chi connectivity index (χ2n) is 4.71. The van der Waals surface area contributed by atoms with Crippen molar-refractivity contribution in [1.82, 2.24) is 10.6 Å². The molecular formula is C14H26N2O. The number of carbonyl (C=O) groups excluding carboxylic acids is 1. The van der Waals surface area contributed by atoms with E-state index in [1.165, 1.54) is 31.3 Å². The molecule has 0 radical (unpaired) electrons. The molecule has 0 unspecified atom stereocenters. The number of hydrogen-bond acceptors (Lipinski definition) is 2. The topological polar surface area (TPSA) is 41.1 Å². The number of carbonyl (C=O) groups is 1. The van der Waals surface area contributed by atoms with Crippen LogP contribution in [0.15, 0.2) is 11.6 Å². The van der Waals surface area contributed by atoms with E-state index in [-0.39, 0.29) is 5.91 Å². The Bertz CT molecular complexity index is 249. The molecule has 17 heavy (non-hydrogen) atoms. The van der Waals surface area contributed by atoms with Crippen LogP contribution in [0.3, 0.4) is 0 Å².